The highest BCUT2D eigenvalue weighted by molar-refractivity contribution is 5.48. The SMILES string of the molecule is COc1cc(NCc2ccn(C3CCCC3)n2)ccc1F. The lowest BCUT2D eigenvalue weighted by Crippen LogP contribution is -2.07. The van der Waals surface area contributed by atoms with Crippen molar-refractivity contribution in [3.8, 4) is 5.75 Å². The summed E-state index contributed by atoms with van der Waals surface area (Å²) in [5.41, 5.74) is 1.81. The topological polar surface area (TPSA) is 39.1 Å². The molecule has 0 bridgehead atoms. The lowest BCUT2D eigenvalue weighted by molar-refractivity contribution is 0.387. The maximum absolute atomic E-state index is 13.3. The maximum Gasteiger partial charge on any atom is 0.165 e. The lowest BCUT2D eigenvalue weighted by Gasteiger charge is -2.09. The Bertz CT molecular complexity index is 605. The Balaban J connectivity index is 1.62. The number of hydrogen-bond acceptors (Lipinski definition) is 3. The van der Waals surface area contributed by atoms with E-state index in [9.17, 15) is 4.39 Å². The van der Waals surface area contributed by atoms with Crippen molar-refractivity contribution < 1.29 is 9.13 Å². The predicted molar refractivity (Wildman–Crippen MR) is 80.0 cm³/mol. The van der Waals surface area contributed by atoms with E-state index in [1.54, 1.807) is 12.1 Å². The van der Waals surface area contributed by atoms with Gasteiger partial charge in [-0.05, 0) is 31.0 Å². The molecule has 21 heavy (non-hydrogen) atoms. The molecule has 3 rings (SSSR count). The van der Waals surface area contributed by atoms with E-state index in [2.05, 4.69) is 21.3 Å². The fraction of sp³-hybridized carbons (Fsp3) is 0.438. The van der Waals surface area contributed by atoms with Crippen molar-refractivity contribution in [3.05, 3.63) is 42.0 Å². The van der Waals surface area contributed by atoms with E-state index < -0.39 is 0 Å². The molecule has 5 heteroatoms. The van der Waals surface area contributed by atoms with Gasteiger partial charge in [0.1, 0.15) is 0 Å². The van der Waals surface area contributed by atoms with Crippen LogP contribution in [0.2, 0.25) is 0 Å². The highest BCUT2D eigenvalue weighted by Crippen LogP contribution is 2.28. The molecule has 112 valence electrons. The van der Waals surface area contributed by atoms with Crippen molar-refractivity contribution in [1.82, 2.24) is 9.78 Å². The molecule has 1 aliphatic rings. The fourth-order valence-electron chi connectivity index (χ4n) is 2.81. The second kappa shape index (κ2) is 6.16. The molecule has 0 spiro atoms. The first-order valence-corrected chi connectivity index (χ1v) is 7.38. The smallest absolute Gasteiger partial charge is 0.165 e. The zero-order valence-corrected chi connectivity index (χ0v) is 12.2. The number of halogens is 1. The third-order valence-corrected chi connectivity index (χ3v) is 3.99. The first kappa shape index (κ1) is 13.9. The van der Waals surface area contributed by atoms with Gasteiger partial charge in [-0.3, -0.25) is 4.68 Å². The second-order valence-corrected chi connectivity index (χ2v) is 5.43. The third-order valence-electron chi connectivity index (χ3n) is 3.99. The Labute approximate surface area is 123 Å². The lowest BCUT2D eigenvalue weighted by atomic mass is 10.3. The van der Waals surface area contributed by atoms with E-state index >= 15 is 0 Å². The molecule has 1 aromatic heterocycles. The van der Waals surface area contributed by atoms with Crippen LogP contribution in [0.25, 0.3) is 0 Å². The number of aromatic nitrogens is 2. The summed E-state index contributed by atoms with van der Waals surface area (Å²) < 4.78 is 20.4. The highest BCUT2D eigenvalue weighted by atomic mass is 19.1. The molecule has 1 aliphatic carbocycles. The average Bonchev–Trinajstić information content (AvgIpc) is 3.17. The Hall–Kier alpha value is -2.04. The Morgan fingerprint density at radius 2 is 2.14 bits per heavy atom. The van der Waals surface area contributed by atoms with Crippen LogP contribution in [0.3, 0.4) is 0 Å². The van der Waals surface area contributed by atoms with Crippen LogP contribution in [0, 0.1) is 5.82 Å². The molecule has 1 heterocycles. The molecule has 0 saturated heterocycles. The van der Waals surface area contributed by atoms with E-state index in [0.29, 0.717) is 12.6 Å². The van der Waals surface area contributed by atoms with Gasteiger partial charge in [0, 0.05) is 18.0 Å². The van der Waals surface area contributed by atoms with Crippen LogP contribution < -0.4 is 10.1 Å². The monoisotopic (exact) mass is 289 g/mol. The first-order valence-electron chi connectivity index (χ1n) is 7.38. The van der Waals surface area contributed by atoms with Crippen LogP contribution in [0.15, 0.2) is 30.5 Å². The molecular weight excluding hydrogens is 269 g/mol. The van der Waals surface area contributed by atoms with E-state index in [-0.39, 0.29) is 11.6 Å². The number of rotatable bonds is 5. The molecule has 4 nitrogen and oxygen atoms in total. The van der Waals surface area contributed by atoms with Crippen LogP contribution in [0.4, 0.5) is 10.1 Å². The Morgan fingerprint density at radius 3 is 2.90 bits per heavy atom. The summed E-state index contributed by atoms with van der Waals surface area (Å²) in [4.78, 5) is 0. The minimum absolute atomic E-state index is 0.247. The van der Waals surface area contributed by atoms with Gasteiger partial charge >= 0.3 is 0 Å². The number of anilines is 1. The summed E-state index contributed by atoms with van der Waals surface area (Å²) in [6, 6.07) is 7.35. The standard InChI is InChI=1S/C16H20FN3O/c1-21-16-10-12(6-7-15(16)17)18-11-13-8-9-20(19-13)14-4-2-3-5-14/h6-10,14,18H,2-5,11H2,1H3. The molecule has 0 amide bonds. The first-order chi connectivity index (χ1) is 10.3. The quantitative estimate of drug-likeness (QED) is 0.911. The van der Waals surface area contributed by atoms with Gasteiger partial charge in [0.25, 0.3) is 0 Å². The number of benzene rings is 1. The van der Waals surface area contributed by atoms with Gasteiger partial charge in [-0.2, -0.15) is 5.10 Å². The van der Waals surface area contributed by atoms with E-state index in [4.69, 9.17) is 4.74 Å². The van der Waals surface area contributed by atoms with E-state index in [1.165, 1.54) is 38.9 Å². The maximum atomic E-state index is 13.3. The van der Waals surface area contributed by atoms with Gasteiger partial charge in [0.05, 0.1) is 25.4 Å². The Kier molecular flexibility index (Phi) is 4.08. The van der Waals surface area contributed by atoms with Crippen LogP contribution in [-0.4, -0.2) is 16.9 Å². The molecule has 1 N–H and O–H groups in total. The molecule has 0 radical (unpaired) electrons. The van der Waals surface area contributed by atoms with Crippen LogP contribution in [0.1, 0.15) is 37.4 Å². The summed E-state index contributed by atoms with van der Waals surface area (Å²) in [7, 11) is 1.46. The predicted octanol–water partition coefficient (Wildman–Crippen LogP) is 3.76. The van der Waals surface area contributed by atoms with Crippen molar-refractivity contribution in [2.75, 3.05) is 12.4 Å². The number of hydrogen-bond donors (Lipinski definition) is 1. The van der Waals surface area contributed by atoms with Crippen LogP contribution in [-0.2, 0) is 6.54 Å². The number of methoxy groups -OCH3 is 1. The number of nitrogens with one attached hydrogen (secondary N) is 1. The molecule has 0 aliphatic heterocycles. The molecule has 0 unspecified atom stereocenters. The average molecular weight is 289 g/mol. The van der Waals surface area contributed by atoms with Crippen molar-refractivity contribution in [2.45, 2.75) is 38.3 Å². The molecule has 0 atom stereocenters. The summed E-state index contributed by atoms with van der Waals surface area (Å²) in [6.07, 6.45) is 7.10. The van der Waals surface area contributed by atoms with Gasteiger partial charge < -0.3 is 10.1 Å². The minimum Gasteiger partial charge on any atom is -0.494 e. The number of nitrogens with zero attached hydrogens (tertiary/aromatic N) is 2. The summed E-state index contributed by atoms with van der Waals surface area (Å²) in [5, 5.41) is 7.86. The van der Waals surface area contributed by atoms with Crippen molar-refractivity contribution in [1.29, 1.82) is 0 Å². The Morgan fingerprint density at radius 1 is 1.33 bits per heavy atom. The van der Waals surface area contributed by atoms with Crippen LogP contribution in [0.5, 0.6) is 5.75 Å². The third kappa shape index (κ3) is 3.17. The van der Waals surface area contributed by atoms with Gasteiger partial charge in [-0.25, -0.2) is 4.39 Å². The largest absolute Gasteiger partial charge is 0.494 e. The molecule has 2 aromatic rings. The second-order valence-electron chi connectivity index (χ2n) is 5.43. The van der Waals surface area contributed by atoms with E-state index in [0.717, 1.165) is 11.4 Å². The normalized spacial score (nSPS) is 15.3. The zero-order valence-electron chi connectivity index (χ0n) is 12.2. The number of ether oxygens (including phenoxy) is 1. The zero-order chi connectivity index (χ0) is 14.7. The van der Waals surface area contributed by atoms with Gasteiger partial charge in [-0.1, -0.05) is 12.8 Å². The van der Waals surface area contributed by atoms with Gasteiger partial charge in [0.15, 0.2) is 11.6 Å². The van der Waals surface area contributed by atoms with Crippen molar-refractivity contribution >= 4 is 5.69 Å². The summed E-state index contributed by atoms with van der Waals surface area (Å²) >= 11 is 0. The van der Waals surface area contributed by atoms with E-state index in [1.807, 2.05) is 6.07 Å². The fourth-order valence-corrected chi connectivity index (χ4v) is 2.81. The van der Waals surface area contributed by atoms with Crippen LogP contribution >= 0.6 is 0 Å². The van der Waals surface area contributed by atoms with Gasteiger partial charge in [-0.15, -0.1) is 0 Å². The minimum atomic E-state index is -0.353. The summed E-state index contributed by atoms with van der Waals surface area (Å²) in [6.45, 7) is 0.620. The highest BCUT2D eigenvalue weighted by Gasteiger charge is 2.17. The molecule has 1 saturated carbocycles. The molecule has 1 fully saturated rings. The molecule has 1 aromatic carbocycles. The van der Waals surface area contributed by atoms with Crippen molar-refractivity contribution in [3.63, 3.8) is 0 Å². The summed E-state index contributed by atoms with van der Waals surface area (Å²) in [5.74, 6) is -0.106. The van der Waals surface area contributed by atoms with Crippen molar-refractivity contribution in [2.24, 2.45) is 0 Å². The van der Waals surface area contributed by atoms with Gasteiger partial charge in [0.2, 0.25) is 0 Å². The molecular formula is C16H20FN3O.